The molecule has 22 heavy (non-hydrogen) atoms. The van der Waals surface area contributed by atoms with Crippen molar-refractivity contribution >= 4 is 17.5 Å². The molecule has 1 aliphatic rings. The van der Waals surface area contributed by atoms with Crippen molar-refractivity contribution in [3.63, 3.8) is 0 Å². The zero-order chi connectivity index (χ0) is 15.4. The van der Waals surface area contributed by atoms with Crippen molar-refractivity contribution in [3.8, 4) is 0 Å². The molecule has 0 spiro atoms. The summed E-state index contributed by atoms with van der Waals surface area (Å²) in [7, 11) is 0. The third kappa shape index (κ3) is 3.19. The topological polar surface area (TPSA) is 62.6 Å². The average molecular weight is 298 g/mol. The predicted octanol–water partition coefficient (Wildman–Crippen LogP) is 2.73. The van der Waals surface area contributed by atoms with E-state index in [1.54, 1.807) is 29.4 Å². The van der Waals surface area contributed by atoms with E-state index in [4.69, 9.17) is 4.42 Å². The molecule has 2 aromatic rings. The number of hydrogen-bond acceptors (Lipinski definition) is 3. The Morgan fingerprint density at radius 2 is 2.00 bits per heavy atom. The van der Waals surface area contributed by atoms with Gasteiger partial charge in [-0.25, -0.2) is 0 Å². The van der Waals surface area contributed by atoms with E-state index in [9.17, 15) is 9.59 Å². The van der Waals surface area contributed by atoms with Crippen molar-refractivity contribution in [2.45, 2.75) is 25.8 Å². The molecule has 1 aliphatic heterocycles. The highest BCUT2D eigenvalue weighted by Gasteiger charge is 2.19. The van der Waals surface area contributed by atoms with Gasteiger partial charge in [0.2, 0.25) is 5.91 Å². The van der Waals surface area contributed by atoms with Gasteiger partial charge in [0.1, 0.15) is 5.76 Å². The summed E-state index contributed by atoms with van der Waals surface area (Å²) >= 11 is 0. The fraction of sp³-hybridized carbons (Fsp3) is 0.294. The van der Waals surface area contributed by atoms with Gasteiger partial charge in [0, 0.05) is 24.2 Å². The molecule has 3 rings (SSSR count). The summed E-state index contributed by atoms with van der Waals surface area (Å²) in [6, 6.07) is 10.7. The third-order valence-electron chi connectivity index (χ3n) is 3.77. The van der Waals surface area contributed by atoms with Gasteiger partial charge in [0.05, 0.1) is 12.8 Å². The minimum atomic E-state index is -0.159. The minimum Gasteiger partial charge on any atom is -0.467 e. The number of piperidine rings is 1. The summed E-state index contributed by atoms with van der Waals surface area (Å²) in [5, 5.41) is 2.80. The van der Waals surface area contributed by atoms with Crippen LogP contribution < -0.4 is 10.2 Å². The molecule has 0 radical (unpaired) electrons. The summed E-state index contributed by atoms with van der Waals surface area (Å²) in [6.07, 6.45) is 4.16. The maximum atomic E-state index is 12.1. The van der Waals surface area contributed by atoms with Crippen LogP contribution in [0.3, 0.4) is 0 Å². The number of anilines is 1. The summed E-state index contributed by atoms with van der Waals surface area (Å²) in [5.41, 5.74) is 1.42. The zero-order valence-electron chi connectivity index (χ0n) is 12.2. The zero-order valence-corrected chi connectivity index (χ0v) is 12.2. The van der Waals surface area contributed by atoms with E-state index in [2.05, 4.69) is 5.32 Å². The Morgan fingerprint density at radius 1 is 1.18 bits per heavy atom. The Kier molecular flexibility index (Phi) is 4.23. The van der Waals surface area contributed by atoms with Crippen LogP contribution in [0.2, 0.25) is 0 Å². The number of nitrogens with one attached hydrogen (secondary N) is 1. The number of carbonyl (C=O) groups excluding carboxylic acids is 2. The van der Waals surface area contributed by atoms with E-state index in [0.717, 1.165) is 25.1 Å². The molecule has 114 valence electrons. The SMILES string of the molecule is O=C(NCc1ccco1)c1ccc(N2CCCCC2=O)cc1. The molecule has 1 aromatic carbocycles. The van der Waals surface area contributed by atoms with Crippen molar-refractivity contribution < 1.29 is 14.0 Å². The van der Waals surface area contributed by atoms with Gasteiger partial charge in [-0.1, -0.05) is 0 Å². The van der Waals surface area contributed by atoms with Crippen LogP contribution in [0, 0.1) is 0 Å². The van der Waals surface area contributed by atoms with E-state index >= 15 is 0 Å². The monoisotopic (exact) mass is 298 g/mol. The maximum absolute atomic E-state index is 12.1. The number of rotatable bonds is 4. The highest BCUT2D eigenvalue weighted by Crippen LogP contribution is 2.21. The van der Waals surface area contributed by atoms with Gasteiger partial charge < -0.3 is 14.6 Å². The van der Waals surface area contributed by atoms with Crippen LogP contribution in [0.15, 0.2) is 47.1 Å². The number of hydrogen-bond donors (Lipinski definition) is 1. The first kappa shape index (κ1) is 14.4. The molecule has 5 nitrogen and oxygen atoms in total. The standard InChI is InChI=1S/C17H18N2O3/c20-16-5-1-2-10-19(16)14-8-6-13(7-9-14)17(21)18-12-15-4-3-11-22-15/h3-4,6-9,11H,1-2,5,10,12H2,(H,18,21). The van der Waals surface area contributed by atoms with Gasteiger partial charge in [-0.05, 0) is 49.2 Å². The quantitative estimate of drug-likeness (QED) is 0.944. The molecule has 0 saturated carbocycles. The van der Waals surface area contributed by atoms with Crippen LogP contribution >= 0.6 is 0 Å². The van der Waals surface area contributed by atoms with Gasteiger partial charge >= 0.3 is 0 Å². The summed E-state index contributed by atoms with van der Waals surface area (Å²) in [5.74, 6) is 0.707. The first-order valence-electron chi connectivity index (χ1n) is 7.45. The molecule has 2 amide bonds. The maximum Gasteiger partial charge on any atom is 0.251 e. The minimum absolute atomic E-state index is 0.154. The van der Waals surface area contributed by atoms with Gasteiger partial charge in [0.25, 0.3) is 5.91 Å². The average Bonchev–Trinajstić information content (AvgIpc) is 3.07. The summed E-state index contributed by atoms with van der Waals surface area (Å²) in [4.78, 5) is 25.7. The van der Waals surface area contributed by atoms with Crippen molar-refractivity contribution in [3.05, 3.63) is 54.0 Å². The number of nitrogens with zero attached hydrogens (tertiary/aromatic N) is 1. The van der Waals surface area contributed by atoms with E-state index in [-0.39, 0.29) is 11.8 Å². The fourth-order valence-corrected chi connectivity index (χ4v) is 2.55. The van der Waals surface area contributed by atoms with Crippen LogP contribution in [0.1, 0.15) is 35.4 Å². The Balaban J connectivity index is 1.63. The number of furan rings is 1. The Bertz CT molecular complexity index is 647. The van der Waals surface area contributed by atoms with Crippen molar-refractivity contribution in [1.29, 1.82) is 0 Å². The summed E-state index contributed by atoms with van der Waals surface area (Å²) < 4.78 is 5.17. The largest absolute Gasteiger partial charge is 0.467 e. The molecular formula is C17H18N2O3. The van der Waals surface area contributed by atoms with Crippen molar-refractivity contribution in [1.82, 2.24) is 5.32 Å². The highest BCUT2D eigenvalue weighted by molar-refractivity contribution is 5.96. The molecule has 1 aromatic heterocycles. The van der Waals surface area contributed by atoms with Gasteiger partial charge in [-0.3, -0.25) is 9.59 Å². The van der Waals surface area contributed by atoms with Crippen LogP contribution in [0.25, 0.3) is 0 Å². The molecular weight excluding hydrogens is 280 g/mol. The van der Waals surface area contributed by atoms with Crippen molar-refractivity contribution in [2.24, 2.45) is 0 Å². The second-order valence-electron chi connectivity index (χ2n) is 5.31. The molecule has 0 aliphatic carbocycles. The van der Waals surface area contributed by atoms with Gasteiger partial charge in [-0.15, -0.1) is 0 Å². The Morgan fingerprint density at radius 3 is 2.68 bits per heavy atom. The molecule has 2 heterocycles. The second-order valence-corrected chi connectivity index (χ2v) is 5.31. The number of carbonyl (C=O) groups is 2. The first-order valence-corrected chi connectivity index (χ1v) is 7.45. The normalized spacial score (nSPS) is 14.9. The second kappa shape index (κ2) is 6.47. The molecule has 5 heteroatoms. The fourth-order valence-electron chi connectivity index (χ4n) is 2.55. The van der Waals surface area contributed by atoms with E-state index in [1.165, 1.54) is 0 Å². The van der Waals surface area contributed by atoms with E-state index in [1.807, 2.05) is 18.2 Å². The summed E-state index contributed by atoms with van der Waals surface area (Å²) in [6.45, 7) is 1.11. The smallest absolute Gasteiger partial charge is 0.251 e. The molecule has 1 N–H and O–H groups in total. The van der Waals surface area contributed by atoms with Gasteiger partial charge in [0.15, 0.2) is 0 Å². The predicted molar refractivity (Wildman–Crippen MR) is 82.5 cm³/mol. The Labute approximate surface area is 128 Å². The van der Waals surface area contributed by atoms with Crippen LogP contribution in [0.4, 0.5) is 5.69 Å². The lowest BCUT2D eigenvalue weighted by atomic mass is 10.1. The van der Waals surface area contributed by atoms with Crippen LogP contribution in [0.5, 0.6) is 0 Å². The lowest BCUT2D eigenvalue weighted by molar-refractivity contribution is -0.119. The van der Waals surface area contributed by atoms with Crippen LogP contribution in [-0.2, 0) is 11.3 Å². The van der Waals surface area contributed by atoms with Gasteiger partial charge in [-0.2, -0.15) is 0 Å². The molecule has 0 unspecified atom stereocenters. The molecule has 1 saturated heterocycles. The highest BCUT2D eigenvalue weighted by atomic mass is 16.3. The molecule has 0 bridgehead atoms. The molecule has 1 fully saturated rings. The van der Waals surface area contributed by atoms with E-state index in [0.29, 0.717) is 24.3 Å². The lowest BCUT2D eigenvalue weighted by Crippen LogP contribution is -2.35. The number of benzene rings is 1. The molecule has 0 atom stereocenters. The lowest BCUT2D eigenvalue weighted by Gasteiger charge is -2.26. The third-order valence-corrected chi connectivity index (χ3v) is 3.77. The Hall–Kier alpha value is -2.56. The van der Waals surface area contributed by atoms with Crippen LogP contribution in [-0.4, -0.2) is 18.4 Å². The van der Waals surface area contributed by atoms with E-state index < -0.39 is 0 Å². The number of amides is 2. The van der Waals surface area contributed by atoms with Crippen molar-refractivity contribution in [2.75, 3.05) is 11.4 Å². The first-order chi connectivity index (χ1) is 10.7.